The zero-order valence-electron chi connectivity index (χ0n) is 18.5. The molecule has 0 aliphatic carbocycles. The molecule has 0 bridgehead atoms. The number of anilines is 1. The van der Waals surface area contributed by atoms with Crippen molar-refractivity contribution in [2.24, 2.45) is 7.05 Å². The van der Waals surface area contributed by atoms with Crippen LogP contribution in [0.2, 0.25) is 5.02 Å². The SMILES string of the molecule is Cn1c(/C(C#N)=C(\O)CSc2nnc(N3CCCC3)n2-c2cccc(Cl)c2)nc2ccccc21. The summed E-state index contributed by atoms with van der Waals surface area (Å²) in [5.74, 6) is 1.26. The van der Waals surface area contributed by atoms with Gasteiger partial charge in [0.1, 0.15) is 17.4 Å². The third-order valence-electron chi connectivity index (χ3n) is 5.82. The zero-order valence-corrected chi connectivity index (χ0v) is 20.1. The Bertz CT molecular complexity index is 1430. The van der Waals surface area contributed by atoms with E-state index in [9.17, 15) is 10.4 Å². The molecule has 172 valence electrons. The molecule has 10 heteroatoms. The van der Waals surface area contributed by atoms with Gasteiger partial charge < -0.3 is 14.6 Å². The van der Waals surface area contributed by atoms with E-state index in [0.29, 0.717) is 16.0 Å². The Labute approximate surface area is 206 Å². The third kappa shape index (κ3) is 4.11. The lowest BCUT2D eigenvalue weighted by atomic mass is 10.2. The van der Waals surface area contributed by atoms with Gasteiger partial charge in [-0.3, -0.25) is 4.57 Å². The Morgan fingerprint density at radius 3 is 2.68 bits per heavy atom. The summed E-state index contributed by atoms with van der Waals surface area (Å²) in [6.07, 6.45) is 2.22. The minimum atomic E-state index is -0.0609. The molecular weight excluding hydrogens is 470 g/mol. The standard InChI is InChI=1S/C24H22ClN7OS/c1-30-20-10-3-2-9-19(20)27-22(30)18(14-26)21(33)15-34-24-29-28-23(31-11-4-5-12-31)32(24)17-8-6-7-16(25)13-17/h2-3,6-10,13,33H,4-5,11-12,15H2,1H3/b21-18-. The van der Waals surface area contributed by atoms with Crippen LogP contribution in [0.3, 0.4) is 0 Å². The molecule has 8 nitrogen and oxygen atoms in total. The van der Waals surface area contributed by atoms with Crippen molar-refractivity contribution in [2.75, 3.05) is 23.7 Å². The van der Waals surface area contributed by atoms with Gasteiger partial charge in [-0.25, -0.2) is 4.98 Å². The van der Waals surface area contributed by atoms with Crippen molar-refractivity contribution in [3.63, 3.8) is 0 Å². The Kier molecular flexibility index (Phi) is 6.18. The molecule has 0 radical (unpaired) electrons. The van der Waals surface area contributed by atoms with E-state index in [1.54, 1.807) is 0 Å². The number of hydrogen-bond donors (Lipinski definition) is 1. The highest BCUT2D eigenvalue weighted by molar-refractivity contribution is 7.99. The first-order chi connectivity index (χ1) is 16.6. The highest BCUT2D eigenvalue weighted by Crippen LogP contribution is 2.31. The monoisotopic (exact) mass is 491 g/mol. The minimum absolute atomic E-state index is 0.0609. The van der Waals surface area contributed by atoms with Gasteiger partial charge in [0.05, 0.1) is 22.5 Å². The van der Waals surface area contributed by atoms with Crippen molar-refractivity contribution >= 4 is 45.9 Å². The fourth-order valence-corrected chi connectivity index (χ4v) is 5.15. The molecule has 0 spiro atoms. The minimum Gasteiger partial charge on any atom is -0.510 e. The number of hydrogen-bond acceptors (Lipinski definition) is 7. The van der Waals surface area contributed by atoms with Crippen molar-refractivity contribution in [3.05, 3.63) is 65.1 Å². The first-order valence-electron chi connectivity index (χ1n) is 10.9. The Balaban J connectivity index is 1.49. The molecular formula is C24H22ClN7OS. The van der Waals surface area contributed by atoms with Gasteiger partial charge in [-0.2, -0.15) is 5.26 Å². The number of thioether (sulfide) groups is 1. The molecule has 5 rings (SSSR count). The molecule has 34 heavy (non-hydrogen) atoms. The maximum absolute atomic E-state index is 10.9. The highest BCUT2D eigenvalue weighted by atomic mass is 35.5. The molecule has 1 saturated heterocycles. The second-order valence-electron chi connectivity index (χ2n) is 8.00. The molecule has 1 aliphatic heterocycles. The molecule has 0 unspecified atom stereocenters. The van der Waals surface area contributed by atoms with E-state index >= 15 is 0 Å². The van der Waals surface area contributed by atoms with Gasteiger partial charge in [0.15, 0.2) is 11.0 Å². The molecule has 1 N–H and O–H groups in total. The fraction of sp³-hybridized carbons (Fsp3) is 0.250. The number of benzene rings is 2. The van der Waals surface area contributed by atoms with Gasteiger partial charge in [0.2, 0.25) is 5.95 Å². The zero-order chi connectivity index (χ0) is 23.7. The van der Waals surface area contributed by atoms with Crippen molar-refractivity contribution in [1.82, 2.24) is 24.3 Å². The van der Waals surface area contributed by atoms with Crippen LogP contribution in [-0.4, -0.2) is 48.3 Å². The van der Waals surface area contributed by atoms with E-state index in [4.69, 9.17) is 11.6 Å². The number of aliphatic hydroxyl groups is 1. The molecule has 2 aromatic carbocycles. The van der Waals surface area contributed by atoms with E-state index in [1.165, 1.54) is 11.8 Å². The maximum Gasteiger partial charge on any atom is 0.232 e. The van der Waals surface area contributed by atoms with E-state index in [-0.39, 0.29) is 17.1 Å². The fourth-order valence-electron chi connectivity index (χ4n) is 4.14. The molecule has 3 heterocycles. The number of halogens is 1. The largest absolute Gasteiger partial charge is 0.510 e. The number of aliphatic hydroxyl groups excluding tert-OH is 1. The molecule has 2 aromatic heterocycles. The predicted octanol–water partition coefficient (Wildman–Crippen LogP) is 4.99. The van der Waals surface area contributed by atoms with Gasteiger partial charge in [-0.15, -0.1) is 10.2 Å². The van der Waals surface area contributed by atoms with Gasteiger partial charge in [-0.1, -0.05) is 41.6 Å². The quantitative estimate of drug-likeness (QED) is 0.230. The van der Waals surface area contributed by atoms with Gasteiger partial charge in [-0.05, 0) is 43.2 Å². The van der Waals surface area contributed by atoms with Crippen LogP contribution in [-0.2, 0) is 7.05 Å². The summed E-state index contributed by atoms with van der Waals surface area (Å²) in [6, 6.07) is 17.3. The molecule has 0 atom stereocenters. The van der Waals surface area contributed by atoms with Crippen molar-refractivity contribution in [1.29, 1.82) is 5.26 Å². The summed E-state index contributed by atoms with van der Waals surface area (Å²) in [7, 11) is 1.83. The molecule has 1 fully saturated rings. The topological polar surface area (TPSA) is 95.8 Å². The number of fused-ring (bicyclic) bond motifs is 1. The molecule has 4 aromatic rings. The van der Waals surface area contributed by atoms with E-state index in [1.807, 2.05) is 64.7 Å². The number of imidazole rings is 1. The van der Waals surface area contributed by atoms with Crippen molar-refractivity contribution in [3.8, 4) is 11.8 Å². The van der Waals surface area contributed by atoms with Crippen LogP contribution < -0.4 is 4.90 Å². The van der Waals surface area contributed by atoms with E-state index in [2.05, 4.69) is 26.2 Å². The number of rotatable bonds is 6. The summed E-state index contributed by atoms with van der Waals surface area (Å²) in [6.45, 7) is 1.83. The molecule has 0 saturated carbocycles. The first-order valence-corrected chi connectivity index (χ1v) is 12.3. The van der Waals surface area contributed by atoms with E-state index in [0.717, 1.165) is 48.6 Å². The lowest BCUT2D eigenvalue weighted by Gasteiger charge is -2.18. The van der Waals surface area contributed by atoms with Crippen LogP contribution >= 0.6 is 23.4 Å². The Morgan fingerprint density at radius 2 is 1.94 bits per heavy atom. The predicted molar refractivity (Wildman–Crippen MR) is 134 cm³/mol. The van der Waals surface area contributed by atoms with Crippen LogP contribution in [0.15, 0.2) is 59.4 Å². The van der Waals surface area contributed by atoms with Crippen LogP contribution in [0.4, 0.5) is 5.95 Å². The van der Waals surface area contributed by atoms with Gasteiger partial charge in [0.25, 0.3) is 0 Å². The maximum atomic E-state index is 10.9. The number of nitriles is 1. The number of para-hydroxylation sites is 2. The molecule has 1 aliphatic rings. The Hall–Kier alpha value is -3.48. The highest BCUT2D eigenvalue weighted by Gasteiger charge is 2.23. The molecule has 0 amide bonds. The van der Waals surface area contributed by atoms with E-state index < -0.39 is 0 Å². The third-order valence-corrected chi connectivity index (χ3v) is 7.00. The van der Waals surface area contributed by atoms with Crippen LogP contribution in [0.5, 0.6) is 0 Å². The average Bonchev–Trinajstić information content (AvgIpc) is 3.58. The second-order valence-corrected chi connectivity index (χ2v) is 9.38. The number of allylic oxidation sites excluding steroid dienone is 1. The van der Waals surface area contributed by atoms with Crippen molar-refractivity contribution < 1.29 is 5.11 Å². The normalized spacial score (nSPS) is 14.4. The van der Waals surface area contributed by atoms with Crippen LogP contribution in [0, 0.1) is 11.3 Å². The number of aryl methyl sites for hydroxylation is 1. The van der Waals surface area contributed by atoms with Gasteiger partial charge in [0, 0.05) is 25.2 Å². The summed E-state index contributed by atoms with van der Waals surface area (Å²) in [4.78, 5) is 6.75. The summed E-state index contributed by atoms with van der Waals surface area (Å²) >= 11 is 7.57. The summed E-state index contributed by atoms with van der Waals surface area (Å²) in [5.41, 5.74) is 2.65. The summed E-state index contributed by atoms with van der Waals surface area (Å²) in [5, 5.41) is 30.8. The van der Waals surface area contributed by atoms with Gasteiger partial charge >= 0.3 is 0 Å². The lowest BCUT2D eigenvalue weighted by Crippen LogP contribution is -2.22. The van der Waals surface area contributed by atoms with Crippen molar-refractivity contribution in [2.45, 2.75) is 18.0 Å². The Morgan fingerprint density at radius 1 is 1.15 bits per heavy atom. The van der Waals surface area contributed by atoms with Crippen LogP contribution in [0.25, 0.3) is 22.3 Å². The average molecular weight is 492 g/mol. The first kappa shape index (κ1) is 22.3. The number of nitrogens with zero attached hydrogens (tertiary/aromatic N) is 7. The lowest BCUT2D eigenvalue weighted by molar-refractivity contribution is 0.420. The second kappa shape index (κ2) is 9.41. The number of aromatic nitrogens is 5. The van der Waals surface area contributed by atoms with Crippen LogP contribution in [0.1, 0.15) is 18.7 Å². The summed E-state index contributed by atoms with van der Waals surface area (Å²) < 4.78 is 3.77. The smallest absolute Gasteiger partial charge is 0.232 e.